The molecular formula is C19H17F5N4O2. The maximum Gasteiger partial charge on any atom is 0.280 e. The summed E-state index contributed by atoms with van der Waals surface area (Å²) in [6, 6.07) is 3.38. The van der Waals surface area contributed by atoms with Gasteiger partial charge < -0.3 is 15.8 Å². The third-order valence-corrected chi connectivity index (χ3v) is 4.65. The number of alkyl halides is 3. The summed E-state index contributed by atoms with van der Waals surface area (Å²) in [5, 5.41) is 2.15. The van der Waals surface area contributed by atoms with E-state index in [9.17, 15) is 26.7 Å². The number of nitrogens with two attached hydrogens (primary N) is 1. The molecule has 0 aliphatic carbocycles. The molecule has 3 N–H and O–H groups in total. The number of nitrogens with one attached hydrogen (secondary N) is 1. The number of hydrogen-bond donors (Lipinski definition) is 2. The van der Waals surface area contributed by atoms with Crippen molar-refractivity contribution in [3.63, 3.8) is 0 Å². The van der Waals surface area contributed by atoms with Crippen LogP contribution in [0.1, 0.15) is 33.0 Å². The summed E-state index contributed by atoms with van der Waals surface area (Å²) in [4.78, 5) is 19.6. The minimum atomic E-state index is -3.89. The molecule has 30 heavy (non-hydrogen) atoms. The summed E-state index contributed by atoms with van der Waals surface area (Å²) in [7, 11) is -2.74. The third-order valence-electron chi connectivity index (χ3n) is 4.65. The Balaban J connectivity index is 1.95. The number of benzene rings is 1. The van der Waals surface area contributed by atoms with E-state index in [0.29, 0.717) is 12.1 Å². The Morgan fingerprint density at radius 1 is 1.37 bits per heavy atom. The molecule has 0 saturated heterocycles. The van der Waals surface area contributed by atoms with Crippen molar-refractivity contribution < 1.29 is 35.6 Å². The normalized spacial score (nSPS) is 22.3. The van der Waals surface area contributed by atoms with Gasteiger partial charge >= 0.3 is 0 Å². The van der Waals surface area contributed by atoms with Crippen molar-refractivity contribution in [1.82, 2.24) is 4.98 Å². The largest absolute Gasteiger partial charge is 0.495 e. The molecule has 1 amide bonds. The highest BCUT2D eigenvalue weighted by atomic mass is 19.3. The second kappa shape index (κ2) is 7.88. The predicted octanol–water partition coefficient (Wildman–Crippen LogP) is 3.57. The van der Waals surface area contributed by atoms with Crippen molar-refractivity contribution >= 4 is 17.4 Å². The lowest BCUT2D eigenvalue weighted by Gasteiger charge is -2.39. The number of carbonyl (C=O) groups is 1. The fourth-order valence-electron chi connectivity index (χ4n) is 3.06. The average Bonchev–Trinajstić information content (AvgIpc) is 2.71. The van der Waals surface area contributed by atoms with Gasteiger partial charge in [-0.2, -0.15) is 0 Å². The first-order valence-electron chi connectivity index (χ1n) is 10.0. The van der Waals surface area contributed by atoms with E-state index in [0.717, 1.165) is 18.3 Å². The van der Waals surface area contributed by atoms with Crippen LogP contribution >= 0.6 is 0 Å². The molecule has 2 heterocycles. The number of methoxy groups -OCH3 is 1. The van der Waals surface area contributed by atoms with E-state index in [1.807, 2.05) is 0 Å². The molecule has 6 nitrogen and oxygen atoms in total. The molecule has 0 saturated carbocycles. The highest BCUT2D eigenvalue weighted by Crippen LogP contribution is 2.48. The standard InChI is InChI=1S/C19H17F5N4O2/c1-30-11-2-3-14(26-8-11)17(29)27-10-6-12(16(22)13(21)7-10)18(9-20)19(23,24)5-4-15(25)28-18/h2-3,6-8H,4-5,9H2,1H3,(H2,25,28)(H,27,29)/i1D3. The molecule has 0 fully saturated rings. The Morgan fingerprint density at radius 2 is 2.13 bits per heavy atom. The summed E-state index contributed by atoms with van der Waals surface area (Å²) in [5.41, 5.74) is 0.517. The van der Waals surface area contributed by atoms with Crippen LogP contribution in [-0.4, -0.2) is 36.4 Å². The zero-order valence-corrected chi connectivity index (χ0v) is 15.2. The molecule has 11 heteroatoms. The van der Waals surface area contributed by atoms with Crippen LogP contribution in [0.5, 0.6) is 5.75 Å². The van der Waals surface area contributed by atoms with Gasteiger partial charge in [0.2, 0.25) is 0 Å². The number of ether oxygens (including phenoxy) is 1. The van der Waals surface area contributed by atoms with Crippen molar-refractivity contribution in [2.45, 2.75) is 24.3 Å². The molecule has 1 aliphatic heterocycles. The Kier molecular flexibility index (Phi) is 4.63. The molecule has 1 aliphatic rings. The monoisotopic (exact) mass is 431 g/mol. The molecule has 1 unspecified atom stereocenters. The zero-order chi connectivity index (χ0) is 24.6. The second-order valence-electron chi connectivity index (χ2n) is 6.56. The van der Waals surface area contributed by atoms with Crippen molar-refractivity contribution in [2.24, 2.45) is 10.7 Å². The predicted molar refractivity (Wildman–Crippen MR) is 98.6 cm³/mol. The van der Waals surface area contributed by atoms with Gasteiger partial charge in [-0.25, -0.2) is 26.9 Å². The molecule has 2 aromatic rings. The number of aromatic nitrogens is 1. The first kappa shape index (κ1) is 17.6. The molecule has 1 aromatic heterocycles. The quantitative estimate of drug-likeness (QED) is 0.709. The Labute approximate surface area is 172 Å². The molecule has 3 rings (SSSR count). The first-order chi connectivity index (χ1) is 15.3. The van der Waals surface area contributed by atoms with Crippen LogP contribution in [0.2, 0.25) is 0 Å². The number of pyridine rings is 1. The van der Waals surface area contributed by atoms with Crippen LogP contribution in [0.3, 0.4) is 0 Å². The fraction of sp³-hybridized carbons (Fsp3) is 0.316. The molecule has 160 valence electrons. The van der Waals surface area contributed by atoms with E-state index >= 15 is 0 Å². The minimum Gasteiger partial charge on any atom is -0.495 e. The highest BCUT2D eigenvalue weighted by molar-refractivity contribution is 6.03. The van der Waals surface area contributed by atoms with Crippen LogP contribution in [0.25, 0.3) is 0 Å². The lowest BCUT2D eigenvalue weighted by Crippen LogP contribution is -2.51. The van der Waals surface area contributed by atoms with E-state index in [4.69, 9.17) is 9.85 Å². The SMILES string of the molecule is [2H]C([2H])([2H])Oc1ccc(C(=O)Nc2cc(F)c(F)c(C3(CF)N=C(N)CCC3(F)F)c2)nc1. The smallest absolute Gasteiger partial charge is 0.280 e. The summed E-state index contributed by atoms with van der Waals surface area (Å²) >= 11 is 0. The van der Waals surface area contributed by atoms with Crippen molar-refractivity contribution in [3.05, 3.63) is 53.4 Å². The molecule has 1 aromatic carbocycles. The number of rotatable bonds is 5. The van der Waals surface area contributed by atoms with Gasteiger partial charge in [0.1, 0.15) is 18.1 Å². The second-order valence-corrected chi connectivity index (χ2v) is 6.56. The van der Waals surface area contributed by atoms with E-state index < -0.39 is 60.4 Å². The number of amides is 1. The summed E-state index contributed by atoms with van der Waals surface area (Å²) < 4.78 is 97.7. The molecular weight excluding hydrogens is 411 g/mol. The first-order valence-corrected chi connectivity index (χ1v) is 8.52. The molecule has 1 atom stereocenters. The van der Waals surface area contributed by atoms with Crippen LogP contribution in [-0.2, 0) is 5.54 Å². The fourth-order valence-corrected chi connectivity index (χ4v) is 3.06. The number of nitrogens with zero attached hydrogens (tertiary/aromatic N) is 2. The van der Waals surface area contributed by atoms with Gasteiger partial charge in [0.05, 0.1) is 23.2 Å². The van der Waals surface area contributed by atoms with Crippen LogP contribution < -0.4 is 15.8 Å². The zero-order valence-electron chi connectivity index (χ0n) is 18.2. The van der Waals surface area contributed by atoms with Gasteiger partial charge in [0.25, 0.3) is 11.8 Å². The van der Waals surface area contributed by atoms with Gasteiger partial charge in [-0.15, -0.1) is 0 Å². The topological polar surface area (TPSA) is 89.6 Å². The van der Waals surface area contributed by atoms with Crippen molar-refractivity contribution in [2.75, 3.05) is 19.0 Å². The van der Waals surface area contributed by atoms with Crippen LogP contribution in [0, 0.1) is 11.6 Å². The Bertz CT molecular complexity index is 1100. The molecule has 0 bridgehead atoms. The number of amidine groups is 1. The Hall–Kier alpha value is -3.24. The number of hydrogen-bond acceptors (Lipinski definition) is 5. The van der Waals surface area contributed by atoms with Crippen molar-refractivity contribution in [1.29, 1.82) is 0 Å². The lowest BCUT2D eigenvalue weighted by molar-refractivity contribution is -0.0960. The summed E-state index contributed by atoms with van der Waals surface area (Å²) in [6.45, 7) is -1.87. The van der Waals surface area contributed by atoms with Gasteiger partial charge in [-0.3, -0.25) is 9.79 Å². The molecule has 0 spiro atoms. The maximum absolute atomic E-state index is 14.7. The van der Waals surface area contributed by atoms with Crippen LogP contribution in [0.15, 0.2) is 35.5 Å². The summed E-state index contributed by atoms with van der Waals surface area (Å²) in [5.74, 6) is -8.76. The average molecular weight is 431 g/mol. The van der Waals surface area contributed by atoms with Gasteiger partial charge in [0.15, 0.2) is 17.2 Å². The van der Waals surface area contributed by atoms with Gasteiger partial charge in [0, 0.05) is 30.2 Å². The third kappa shape index (κ3) is 3.66. The summed E-state index contributed by atoms with van der Waals surface area (Å²) in [6.07, 6.45) is -0.350. The Morgan fingerprint density at radius 3 is 2.77 bits per heavy atom. The number of carbonyl (C=O) groups excluding carboxylic acids is 1. The number of halogens is 5. The molecule has 0 radical (unpaired) electrons. The van der Waals surface area contributed by atoms with E-state index in [1.54, 1.807) is 0 Å². The van der Waals surface area contributed by atoms with Gasteiger partial charge in [-0.05, 0) is 18.2 Å². The minimum absolute atomic E-state index is 0.165. The lowest BCUT2D eigenvalue weighted by atomic mass is 9.80. The number of anilines is 1. The van der Waals surface area contributed by atoms with Gasteiger partial charge in [-0.1, -0.05) is 0 Å². The van der Waals surface area contributed by atoms with E-state index in [-0.39, 0.29) is 23.7 Å². The van der Waals surface area contributed by atoms with E-state index in [1.165, 1.54) is 0 Å². The van der Waals surface area contributed by atoms with Crippen molar-refractivity contribution in [3.8, 4) is 5.75 Å². The number of aliphatic imine (C=N–C) groups is 1. The highest BCUT2D eigenvalue weighted by Gasteiger charge is 2.58. The maximum atomic E-state index is 14.7. The van der Waals surface area contributed by atoms with Crippen LogP contribution in [0.4, 0.5) is 27.6 Å². The van der Waals surface area contributed by atoms with E-state index in [2.05, 4.69) is 20.0 Å².